The zero-order valence-electron chi connectivity index (χ0n) is 19.7. The van der Waals surface area contributed by atoms with Gasteiger partial charge in [0.25, 0.3) is 0 Å². The molecule has 2 heterocycles. The summed E-state index contributed by atoms with van der Waals surface area (Å²) in [5.74, 6) is 2.17. The summed E-state index contributed by atoms with van der Waals surface area (Å²) in [5, 5.41) is 2.48. The number of hydrogen-bond donors (Lipinski definition) is 0. The second kappa shape index (κ2) is 7.96. The molecule has 0 spiro atoms. The fraction of sp³-hybridized carbons (Fsp3) is 0.207. The lowest BCUT2D eigenvalue weighted by atomic mass is 9.82. The zero-order chi connectivity index (χ0) is 23.2. The molecule has 33 heavy (non-hydrogen) atoms. The van der Waals surface area contributed by atoms with Crippen LogP contribution in [0.1, 0.15) is 37.8 Å². The summed E-state index contributed by atoms with van der Waals surface area (Å²) in [6.45, 7) is 10.6. The van der Waals surface area contributed by atoms with E-state index in [9.17, 15) is 0 Å². The first-order chi connectivity index (χ1) is 15.8. The van der Waals surface area contributed by atoms with Crippen LogP contribution in [0.5, 0.6) is 0 Å². The summed E-state index contributed by atoms with van der Waals surface area (Å²) in [4.78, 5) is 13.9. The minimum absolute atomic E-state index is 0.0119. The maximum absolute atomic E-state index is 5.65. The van der Waals surface area contributed by atoms with Gasteiger partial charge in [-0.2, -0.15) is 0 Å². The fourth-order valence-corrected chi connectivity index (χ4v) is 4.22. The van der Waals surface area contributed by atoms with E-state index in [-0.39, 0.29) is 5.41 Å². The molecule has 0 radical (unpaired) electrons. The maximum Gasteiger partial charge on any atom is 0.191 e. The first-order valence-electron chi connectivity index (χ1n) is 11.2. The summed E-state index contributed by atoms with van der Waals surface area (Å²) in [5.41, 5.74) is 6.37. The molecule has 0 aliphatic carbocycles. The largest absolute Gasteiger partial charge is 0.441 e. The molecule has 4 nitrogen and oxygen atoms in total. The molecule has 0 aliphatic rings. The number of rotatable bonds is 3. The molecule has 3 aromatic carbocycles. The smallest absolute Gasteiger partial charge is 0.191 e. The number of nitrogens with zero attached hydrogens (tertiary/aromatic N) is 3. The van der Waals surface area contributed by atoms with Gasteiger partial charge in [-0.25, -0.2) is 15.0 Å². The molecular weight excluding hydrogens is 406 g/mol. The molecule has 0 aliphatic heterocycles. The summed E-state index contributed by atoms with van der Waals surface area (Å²) in [6.07, 6.45) is 3.67. The van der Waals surface area contributed by atoms with E-state index in [1.165, 1.54) is 16.3 Å². The van der Waals surface area contributed by atoms with Crippen LogP contribution in [0.3, 0.4) is 0 Å². The highest BCUT2D eigenvalue weighted by atomic mass is 16.4. The third kappa shape index (κ3) is 4.05. The Labute approximate surface area is 194 Å². The molecule has 164 valence electrons. The molecule has 5 aromatic rings. The SMILES string of the molecule is Cc1ncc(-c2ccc(-c3nc(-c4cc(C(C)(C)C)c5ccccc5c4)ncc3C)cc2)o1. The van der Waals surface area contributed by atoms with Crippen molar-refractivity contribution in [3.05, 3.63) is 90.1 Å². The molecule has 0 unspecified atom stereocenters. The molecule has 0 saturated heterocycles. The van der Waals surface area contributed by atoms with Crippen LogP contribution in [-0.4, -0.2) is 15.0 Å². The van der Waals surface area contributed by atoms with Crippen LogP contribution in [-0.2, 0) is 5.41 Å². The van der Waals surface area contributed by atoms with Gasteiger partial charge in [-0.3, -0.25) is 0 Å². The minimum Gasteiger partial charge on any atom is -0.441 e. The first kappa shape index (κ1) is 21.1. The topological polar surface area (TPSA) is 51.8 Å². The Morgan fingerprint density at radius 2 is 1.48 bits per heavy atom. The van der Waals surface area contributed by atoms with Gasteiger partial charge in [0, 0.05) is 29.8 Å². The van der Waals surface area contributed by atoms with Crippen molar-refractivity contribution < 1.29 is 4.42 Å². The van der Waals surface area contributed by atoms with Gasteiger partial charge in [0.2, 0.25) is 0 Å². The minimum atomic E-state index is 0.0119. The molecule has 0 N–H and O–H groups in total. The Bertz CT molecular complexity index is 1460. The van der Waals surface area contributed by atoms with Gasteiger partial charge in [-0.05, 0) is 46.4 Å². The maximum atomic E-state index is 5.65. The lowest BCUT2D eigenvalue weighted by Gasteiger charge is -2.22. The molecule has 0 amide bonds. The van der Waals surface area contributed by atoms with Gasteiger partial charge >= 0.3 is 0 Å². The normalized spacial score (nSPS) is 11.8. The van der Waals surface area contributed by atoms with Crippen LogP contribution in [0.15, 0.2) is 77.5 Å². The Morgan fingerprint density at radius 1 is 0.758 bits per heavy atom. The standard InChI is InChI=1S/C29H27N3O/c1-18-16-31-28(23-14-22-8-6-7-9-24(22)25(15-23)29(3,4)5)32-27(18)21-12-10-20(11-13-21)26-17-30-19(2)33-26/h6-17H,1-5H3. The van der Waals surface area contributed by atoms with Gasteiger partial charge in [0.15, 0.2) is 17.5 Å². The van der Waals surface area contributed by atoms with Gasteiger partial charge in [0.05, 0.1) is 11.9 Å². The molecule has 5 rings (SSSR count). The van der Waals surface area contributed by atoms with Crippen molar-refractivity contribution >= 4 is 10.8 Å². The van der Waals surface area contributed by atoms with Crippen molar-refractivity contribution in [3.8, 4) is 34.0 Å². The van der Waals surface area contributed by atoms with Crippen LogP contribution in [0, 0.1) is 13.8 Å². The number of aryl methyl sites for hydroxylation is 2. The van der Waals surface area contributed by atoms with Crippen molar-refractivity contribution in [2.24, 2.45) is 0 Å². The number of hydrogen-bond acceptors (Lipinski definition) is 4. The monoisotopic (exact) mass is 433 g/mol. The predicted molar refractivity (Wildman–Crippen MR) is 134 cm³/mol. The van der Waals surface area contributed by atoms with E-state index >= 15 is 0 Å². The molecule has 4 heteroatoms. The van der Waals surface area contributed by atoms with Crippen molar-refractivity contribution in [1.29, 1.82) is 0 Å². The molecule has 0 atom stereocenters. The number of aromatic nitrogens is 3. The summed E-state index contributed by atoms with van der Waals surface area (Å²) in [6, 6.07) is 21.2. The van der Waals surface area contributed by atoms with Crippen LogP contribution in [0.4, 0.5) is 0 Å². The van der Waals surface area contributed by atoms with Crippen molar-refractivity contribution in [3.63, 3.8) is 0 Å². The molecule has 2 aromatic heterocycles. The number of oxazole rings is 1. The lowest BCUT2D eigenvalue weighted by molar-refractivity contribution is 0.534. The van der Waals surface area contributed by atoms with Crippen molar-refractivity contribution in [2.75, 3.05) is 0 Å². The van der Waals surface area contributed by atoms with E-state index in [2.05, 4.69) is 74.3 Å². The van der Waals surface area contributed by atoms with E-state index in [4.69, 9.17) is 14.4 Å². The second-order valence-corrected chi connectivity index (χ2v) is 9.54. The van der Waals surface area contributed by atoms with Crippen LogP contribution < -0.4 is 0 Å². The second-order valence-electron chi connectivity index (χ2n) is 9.54. The Kier molecular flexibility index (Phi) is 5.09. The van der Waals surface area contributed by atoms with E-state index in [1.54, 1.807) is 6.20 Å². The quantitative estimate of drug-likeness (QED) is 0.295. The lowest BCUT2D eigenvalue weighted by Crippen LogP contribution is -2.12. The third-order valence-corrected chi connectivity index (χ3v) is 5.96. The highest BCUT2D eigenvalue weighted by molar-refractivity contribution is 5.90. The summed E-state index contributed by atoms with van der Waals surface area (Å²) < 4.78 is 5.65. The first-order valence-corrected chi connectivity index (χ1v) is 11.2. The molecular formula is C29H27N3O. The Hall–Kier alpha value is -3.79. The summed E-state index contributed by atoms with van der Waals surface area (Å²) in [7, 11) is 0. The van der Waals surface area contributed by atoms with Gasteiger partial charge in [0.1, 0.15) is 0 Å². The average Bonchev–Trinajstić information content (AvgIpc) is 3.24. The Morgan fingerprint density at radius 3 is 2.18 bits per heavy atom. The molecule has 0 bridgehead atoms. The van der Waals surface area contributed by atoms with Gasteiger partial charge in [-0.15, -0.1) is 0 Å². The van der Waals surface area contributed by atoms with Gasteiger partial charge in [-0.1, -0.05) is 69.3 Å². The fourth-order valence-electron chi connectivity index (χ4n) is 4.22. The molecule has 0 fully saturated rings. The molecule has 0 saturated carbocycles. The van der Waals surface area contributed by atoms with Crippen LogP contribution in [0.2, 0.25) is 0 Å². The highest BCUT2D eigenvalue weighted by Crippen LogP contribution is 2.35. The zero-order valence-corrected chi connectivity index (χ0v) is 19.7. The number of benzene rings is 3. The predicted octanol–water partition coefficient (Wildman–Crippen LogP) is 7.53. The van der Waals surface area contributed by atoms with Crippen molar-refractivity contribution in [2.45, 2.75) is 40.0 Å². The Balaban J connectivity index is 1.59. The van der Waals surface area contributed by atoms with E-state index in [1.807, 2.05) is 32.2 Å². The van der Waals surface area contributed by atoms with E-state index in [0.29, 0.717) is 5.89 Å². The van der Waals surface area contributed by atoms with Crippen molar-refractivity contribution in [1.82, 2.24) is 15.0 Å². The summed E-state index contributed by atoms with van der Waals surface area (Å²) >= 11 is 0. The van der Waals surface area contributed by atoms with Crippen LogP contribution in [0.25, 0.3) is 44.7 Å². The average molecular weight is 434 g/mol. The highest BCUT2D eigenvalue weighted by Gasteiger charge is 2.19. The third-order valence-electron chi connectivity index (χ3n) is 5.96. The van der Waals surface area contributed by atoms with E-state index in [0.717, 1.165) is 39.5 Å². The number of fused-ring (bicyclic) bond motifs is 1. The van der Waals surface area contributed by atoms with Gasteiger partial charge < -0.3 is 4.42 Å². The van der Waals surface area contributed by atoms with Crippen LogP contribution >= 0.6 is 0 Å². The van der Waals surface area contributed by atoms with E-state index < -0.39 is 0 Å².